The summed E-state index contributed by atoms with van der Waals surface area (Å²) in [6.45, 7) is 0. The highest BCUT2D eigenvalue weighted by Crippen LogP contribution is 2.31. The first-order chi connectivity index (χ1) is 16.8. The minimum absolute atomic E-state index is 0.00627. The maximum atomic E-state index is 12.6. The van der Waals surface area contributed by atoms with Gasteiger partial charge in [-0.1, -0.05) is 35.3 Å². The van der Waals surface area contributed by atoms with Gasteiger partial charge in [-0.3, -0.25) is 20.2 Å². The van der Waals surface area contributed by atoms with Gasteiger partial charge in [-0.05, 0) is 42.0 Å². The molecule has 0 bridgehead atoms. The summed E-state index contributed by atoms with van der Waals surface area (Å²) in [7, 11) is 0. The van der Waals surface area contributed by atoms with E-state index in [9.17, 15) is 20.2 Å². The van der Waals surface area contributed by atoms with Gasteiger partial charge in [0.15, 0.2) is 5.13 Å². The zero-order valence-corrected chi connectivity index (χ0v) is 20.0. The molecule has 11 heteroatoms. The Labute approximate surface area is 213 Å². The zero-order chi connectivity index (χ0) is 24.9. The molecule has 0 spiro atoms. The van der Waals surface area contributed by atoms with Crippen LogP contribution in [0.15, 0.2) is 70.8 Å². The van der Waals surface area contributed by atoms with E-state index in [0.29, 0.717) is 27.9 Å². The number of anilines is 1. The van der Waals surface area contributed by atoms with Crippen molar-refractivity contribution < 1.29 is 14.1 Å². The Bertz CT molecular complexity index is 1500. The lowest BCUT2D eigenvalue weighted by molar-refractivity contribution is -0.384. The van der Waals surface area contributed by atoms with Crippen LogP contribution in [0.4, 0.5) is 10.8 Å². The minimum Gasteiger partial charge on any atom is -0.457 e. The van der Waals surface area contributed by atoms with Gasteiger partial charge in [0.05, 0.1) is 4.92 Å². The predicted octanol–water partition coefficient (Wildman–Crippen LogP) is 6.75. The van der Waals surface area contributed by atoms with Gasteiger partial charge in [-0.25, -0.2) is 4.98 Å². The number of hydrogen-bond acceptors (Lipinski definition) is 7. The molecule has 1 N–H and O–H groups in total. The van der Waals surface area contributed by atoms with Crippen molar-refractivity contribution in [1.82, 2.24) is 4.98 Å². The van der Waals surface area contributed by atoms with E-state index in [-0.39, 0.29) is 22.0 Å². The largest absolute Gasteiger partial charge is 0.457 e. The highest BCUT2D eigenvalue weighted by atomic mass is 35.5. The van der Waals surface area contributed by atoms with Crippen LogP contribution in [0.3, 0.4) is 0 Å². The van der Waals surface area contributed by atoms with E-state index < -0.39 is 10.8 Å². The first-order valence-electron chi connectivity index (χ1n) is 9.99. The van der Waals surface area contributed by atoms with Crippen molar-refractivity contribution in [2.45, 2.75) is 6.42 Å². The molecule has 0 unspecified atom stereocenters. The van der Waals surface area contributed by atoms with Crippen LogP contribution in [-0.4, -0.2) is 15.8 Å². The number of hydrogen-bond donors (Lipinski definition) is 1. The molecule has 0 saturated carbocycles. The summed E-state index contributed by atoms with van der Waals surface area (Å²) >= 11 is 13.2. The van der Waals surface area contributed by atoms with E-state index in [0.717, 1.165) is 10.4 Å². The van der Waals surface area contributed by atoms with Crippen molar-refractivity contribution >= 4 is 57.3 Å². The van der Waals surface area contributed by atoms with Crippen LogP contribution in [0.2, 0.25) is 10.0 Å². The zero-order valence-electron chi connectivity index (χ0n) is 17.7. The number of nitrogens with zero attached hydrogens (tertiary/aromatic N) is 3. The fraction of sp³-hybridized carbons (Fsp3) is 0.0417. The first kappa shape index (κ1) is 24.2. The van der Waals surface area contributed by atoms with Crippen molar-refractivity contribution in [3.8, 4) is 17.4 Å². The number of nitro benzene ring substituents is 1. The summed E-state index contributed by atoms with van der Waals surface area (Å²) in [5.41, 5.74) is 0.988. The topological polar surface area (TPSA) is 122 Å². The second-order valence-corrected chi connectivity index (χ2v) is 9.15. The van der Waals surface area contributed by atoms with E-state index in [2.05, 4.69) is 10.3 Å². The summed E-state index contributed by atoms with van der Waals surface area (Å²) in [5.74, 6) is -0.0966. The quantitative estimate of drug-likeness (QED) is 0.123. The molecule has 0 aliphatic rings. The van der Waals surface area contributed by atoms with Crippen LogP contribution in [0.25, 0.3) is 17.4 Å². The number of benzene rings is 2. The van der Waals surface area contributed by atoms with E-state index in [1.807, 2.05) is 24.3 Å². The van der Waals surface area contributed by atoms with Crippen LogP contribution >= 0.6 is 34.5 Å². The van der Waals surface area contributed by atoms with Crippen molar-refractivity contribution in [2.75, 3.05) is 5.32 Å². The predicted molar refractivity (Wildman–Crippen MR) is 134 cm³/mol. The number of rotatable bonds is 7. The molecule has 2 aromatic heterocycles. The van der Waals surface area contributed by atoms with Gasteiger partial charge in [0, 0.05) is 40.2 Å². The van der Waals surface area contributed by atoms with Crippen LogP contribution in [0.1, 0.15) is 16.2 Å². The Balaban J connectivity index is 1.47. The molecule has 4 rings (SSSR count). The Morgan fingerprint density at radius 3 is 2.80 bits per heavy atom. The molecule has 0 saturated heterocycles. The molecule has 8 nitrogen and oxygen atoms in total. The molecular weight excluding hydrogens is 511 g/mol. The average molecular weight is 525 g/mol. The Morgan fingerprint density at radius 1 is 1.23 bits per heavy atom. The third-order valence-electron chi connectivity index (χ3n) is 4.75. The van der Waals surface area contributed by atoms with E-state index in [1.54, 1.807) is 30.5 Å². The number of carbonyl (C=O) groups excluding carboxylic acids is 1. The van der Waals surface area contributed by atoms with Crippen LogP contribution in [0.5, 0.6) is 0 Å². The molecule has 0 radical (unpaired) electrons. The van der Waals surface area contributed by atoms with Crippen molar-refractivity contribution in [3.05, 3.63) is 103 Å². The second-order valence-electron chi connectivity index (χ2n) is 7.19. The molecule has 2 aromatic carbocycles. The molecule has 1 amide bonds. The fourth-order valence-corrected chi connectivity index (χ4v) is 4.38. The second kappa shape index (κ2) is 10.5. The van der Waals surface area contributed by atoms with Crippen molar-refractivity contribution in [1.29, 1.82) is 5.26 Å². The van der Waals surface area contributed by atoms with Gasteiger partial charge >= 0.3 is 0 Å². The normalized spacial score (nSPS) is 11.2. The summed E-state index contributed by atoms with van der Waals surface area (Å²) in [6, 6.07) is 16.7. The maximum absolute atomic E-state index is 12.6. The molecule has 0 aliphatic carbocycles. The number of nitriles is 1. The maximum Gasteiger partial charge on any atom is 0.288 e. The highest BCUT2D eigenvalue weighted by molar-refractivity contribution is 7.15. The van der Waals surface area contributed by atoms with Crippen LogP contribution in [-0.2, 0) is 11.2 Å². The SMILES string of the molecule is N#C/C(=C\c1ccc(-c2ccc(Cl)c([N+](=O)[O-])c2)o1)C(=O)Nc1ncc(Cc2cccc(Cl)c2)s1. The lowest BCUT2D eigenvalue weighted by Gasteiger charge is -2.00. The standard InChI is InChI=1S/C24H14Cl2N4O4S/c25-17-3-1-2-14(8-17)9-19-13-28-24(35-19)29-23(31)16(12-27)10-18-5-7-22(34-18)15-4-6-20(26)21(11-15)30(32)33/h1-8,10-11,13H,9H2,(H,28,29,31)/b16-10+. The van der Waals surface area contributed by atoms with Gasteiger partial charge in [0.2, 0.25) is 0 Å². The first-order valence-corrected chi connectivity index (χ1v) is 11.6. The number of amides is 1. The Hall–Kier alpha value is -3.97. The molecule has 0 fully saturated rings. The summed E-state index contributed by atoms with van der Waals surface area (Å²) < 4.78 is 5.66. The van der Waals surface area contributed by atoms with E-state index >= 15 is 0 Å². The summed E-state index contributed by atoms with van der Waals surface area (Å²) in [6.07, 6.45) is 3.54. The molecule has 2 heterocycles. The van der Waals surface area contributed by atoms with Gasteiger partial charge < -0.3 is 4.42 Å². The molecule has 4 aromatic rings. The molecule has 0 atom stereocenters. The number of nitrogens with one attached hydrogen (secondary N) is 1. The highest BCUT2D eigenvalue weighted by Gasteiger charge is 2.16. The number of thiazole rings is 1. The number of furan rings is 1. The Kier molecular flexibility index (Phi) is 7.27. The molecule has 174 valence electrons. The van der Waals surface area contributed by atoms with Gasteiger partial charge in [-0.2, -0.15) is 5.26 Å². The number of nitro groups is 1. The molecular formula is C24H14Cl2N4O4S. The molecule has 0 aliphatic heterocycles. The number of carbonyl (C=O) groups is 1. The third-order valence-corrected chi connectivity index (χ3v) is 6.21. The van der Waals surface area contributed by atoms with Crippen LogP contribution in [0, 0.1) is 21.4 Å². The van der Waals surface area contributed by atoms with Crippen molar-refractivity contribution in [3.63, 3.8) is 0 Å². The van der Waals surface area contributed by atoms with E-state index in [1.165, 1.54) is 29.5 Å². The Morgan fingerprint density at radius 2 is 2.06 bits per heavy atom. The fourth-order valence-electron chi connectivity index (χ4n) is 3.14. The summed E-state index contributed by atoms with van der Waals surface area (Å²) in [4.78, 5) is 28.3. The van der Waals surface area contributed by atoms with Crippen LogP contribution < -0.4 is 5.32 Å². The van der Waals surface area contributed by atoms with Gasteiger partial charge in [0.25, 0.3) is 11.6 Å². The minimum atomic E-state index is -0.642. The molecule has 35 heavy (non-hydrogen) atoms. The van der Waals surface area contributed by atoms with E-state index in [4.69, 9.17) is 27.6 Å². The lowest BCUT2D eigenvalue weighted by atomic mass is 10.1. The number of aromatic nitrogens is 1. The third kappa shape index (κ3) is 5.94. The van der Waals surface area contributed by atoms with Gasteiger partial charge in [-0.15, -0.1) is 11.3 Å². The van der Waals surface area contributed by atoms with Crippen molar-refractivity contribution in [2.24, 2.45) is 0 Å². The van der Waals surface area contributed by atoms with Gasteiger partial charge in [0.1, 0.15) is 28.2 Å². The number of halogens is 2. The average Bonchev–Trinajstić information content (AvgIpc) is 3.47. The lowest BCUT2D eigenvalue weighted by Crippen LogP contribution is -2.13. The smallest absolute Gasteiger partial charge is 0.288 e. The summed E-state index contributed by atoms with van der Waals surface area (Å²) in [5, 5.41) is 24.2. The monoisotopic (exact) mass is 524 g/mol.